The lowest BCUT2D eigenvalue weighted by atomic mass is 9.98. The second-order valence-corrected chi connectivity index (χ2v) is 8.03. The lowest BCUT2D eigenvalue weighted by Crippen LogP contribution is -1.88. The van der Waals surface area contributed by atoms with Gasteiger partial charge >= 0.3 is 0 Å². The Morgan fingerprint density at radius 3 is 1.33 bits per heavy atom. The van der Waals surface area contributed by atoms with Crippen LogP contribution in [-0.4, -0.2) is 0 Å². The maximum atomic E-state index is 3.86. The molecule has 0 radical (unpaired) electrons. The van der Waals surface area contributed by atoms with Gasteiger partial charge < -0.3 is 0 Å². The molecule has 0 amide bonds. The summed E-state index contributed by atoms with van der Waals surface area (Å²) in [6, 6.07) is 17.4. The first-order valence-electron chi connectivity index (χ1n) is 10.4. The summed E-state index contributed by atoms with van der Waals surface area (Å²) in [6.07, 6.45) is 8.22. The van der Waals surface area contributed by atoms with Gasteiger partial charge in [0.1, 0.15) is 0 Å². The molecule has 154 valence electrons. The van der Waals surface area contributed by atoms with E-state index in [1.165, 1.54) is 55.6 Å². The van der Waals surface area contributed by atoms with Crippen LogP contribution >= 0.6 is 0 Å². The van der Waals surface area contributed by atoms with E-state index in [1.54, 1.807) is 0 Å². The molecule has 0 saturated carbocycles. The van der Waals surface area contributed by atoms with Crippen LogP contribution in [0.25, 0.3) is 24.3 Å². The molecule has 0 heteroatoms. The Kier molecular flexibility index (Phi) is 8.18. The maximum absolute atomic E-state index is 3.86. The van der Waals surface area contributed by atoms with Crippen molar-refractivity contribution in [3.8, 4) is 0 Å². The first-order valence-corrected chi connectivity index (χ1v) is 10.4. The normalized spacial score (nSPS) is 10.5. The molecule has 3 rings (SSSR count). The van der Waals surface area contributed by atoms with Crippen LogP contribution in [0.4, 0.5) is 0 Å². The fraction of sp³-hybridized carbons (Fsp3) is 0.200. The summed E-state index contributed by atoms with van der Waals surface area (Å²) in [4.78, 5) is 0. The second-order valence-electron chi connectivity index (χ2n) is 8.03. The molecule has 3 aromatic rings. The number of hydrogen-bond donors (Lipinski definition) is 0. The summed E-state index contributed by atoms with van der Waals surface area (Å²) in [5.41, 5.74) is 12.8. The summed E-state index contributed by atoms with van der Waals surface area (Å²) in [5, 5.41) is 0. The highest BCUT2D eigenvalue weighted by molar-refractivity contribution is 5.74. The van der Waals surface area contributed by atoms with Gasteiger partial charge in [-0.1, -0.05) is 97.1 Å². The molecule has 0 nitrogen and oxygen atoms in total. The van der Waals surface area contributed by atoms with Gasteiger partial charge in [0.25, 0.3) is 0 Å². The number of rotatable bonds is 4. The van der Waals surface area contributed by atoms with Gasteiger partial charge in [-0.25, -0.2) is 0 Å². The van der Waals surface area contributed by atoms with Gasteiger partial charge in [0, 0.05) is 0 Å². The van der Waals surface area contributed by atoms with E-state index < -0.39 is 0 Å². The molecule has 0 atom stereocenters. The fourth-order valence-corrected chi connectivity index (χ4v) is 3.36. The highest BCUT2D eigenvalue weighted by Gasteiger charge is 2.01. The van der Waals surface area contributed by atoms with Gasteiger partial charge in [-0.2, -0.15) is 0 Å². The SMILES string of the molecule is C=Cc1cc(C)c(/C=C/c2cc(C)ccc2C)cc1C.C=Cc1cc(C)ccc1C. The van der Waals surface area contributed by atoms with Gasteiger partial charge in [0.05, 0.1) is 0 Å². The van der Waals surface area contributed by atoms with Gasteiger partial charge in [-0.05, 0) is 86.1 Å². The van der Waals surface area contributed by atoms with Crippen LogP contribution in [0.3, 0.4) is 0 Å². The van der Waals surface area contributed by atoms with Crippen LogP contribution in [0.2, 0.25) is 0 Å². The van der Waals surface area contributed by atoms with Gasteiger partial charge in [-0.3, -0.25) is 0 Å². The average molecular weight is 395 g/mol. The van der Waals surface area contributed by atoms with Crippen LogP contribution < -0.4 is 0 Å². The van der Waals surface area contributed by atoms with Gasteiger partial charge in [0.15, 0.2) is 0 Å². The van der Waals surface area contributed by atoms with E-state index >= 15 is 0 Å². The topological polar surface area (TPSA) is 0 Å². The molecule has 0 aliphatic carbocycles. The second kappa shape index (κ2) is 10.6. The van der Waals surface area contributed by atoms with Crippen LogP contribution in [0.5, 0.6) is 0 Å². The van der Waals surface area contributed by atoms with Crippen LogP contribution in [0.1, 0.15) is 55.6 Å². The molecule has 0 spiro atoms. The fourth-order valence-electron chi connectivity index (χ4n) is 3.36. The van der Waals surface area contributed by atoms with Crippen molar-refractivity contribution in [2.75, 3.05) is 0 Å². The Morgan fingerprint density at radius 1 is 0.467 bits per heavy atom. The average Bonchev–Trinajstić information content (AvgIpc) is 2.72. The Hall–Kier alpha value is -3.12. The van der Waals surface area contributed by atoms with Gasteiger partial charge in [0.2, 0.25) is 0 Å². The summed E-state index contributed by atoms with van der Waals surface area (Å²) in [7, 11) is 0. The van der Waals surface area contributed by atoms with Crippen LogP contribution in [-0.2, 0) is 0 Å². The Balaban J connectivity index is 0.000000269. The molecule has 0 unspecified atom stereocenters. The van der Waals surface area contributed by atoms with Crippen molar-refractivity contribution in [1.29, 1.82) is 0 Å². The van der Waals surface area contributed by atoms with E-state index in [2.05, 4.69) is 115 Å². The standard InChI is InChI=1S/C20H22.C10H12/c1-6-18-12-17(5)20(13-16(18)4)10-9-19-11-14(2)7-8-15(19)3;1-4-10-7-8(2)5-6-9(10)3/h6-13H,1H2,2-5H3;4-7H,1H2,2-3H3/b10-9+;. The number of benzene rings is 3. The molecule has 0 aromatic heterocycles. The highest BCUT2D eigenvalue weighted by atomic mass is 14.1. The van der Waals surface area contributed by atoms with Crippen molar-refractivity contribution in [1.82, 2.24) is 0 Å². The molecular weight excluding hydrogens is 360 g/mol. The maximum Gasteiger partial charge on any atom is -0.0224 e. The third-order valence-electron chi connectivity index (χ3n) is 5.41. The van der Waals surface area contributed by atoms with Crippen molar-refractivity contribution in [3.05, 3.63) is 117 Å². The molecule has 0 fully saturated rings. The lowest BCUT2D eigenvalue weighted by Gasteiger charge is -2.07. The minimum atomic E-state index is 1.21. The predicted molar refractivity (Wildman–Crippen MR) is 137 cm³/mol. The van der Waals surface area contributed by atoms with Gasteiger partial charge in [-0.15, -0.1) is 0 Å². The first-order chi connectivity index (χ1) is 14.2. The molecule has 0 saturated heterocycles. The zero-order valence-electron chi connectivity index (χ0n) is 19.3. The quantitative estimate of drug-likeness (QED) is 0.388. The van der Waals surface area contributed by atoms with Crippen LogP contribution in [0.15, 0.2) is 61.7 Å². The first kappa shape index (κ1) is 23.2. The summed E-state index contributed by atoms with van der Waals surface area (Å²) < 4.78 is 0. The molecule has 0 N–H and O–H groups in total. The smallest absolute Gasteiger partial charge is 0.0224 e. The summed E-state index contributed by atoms with van der Waals surface area (Å²) in [6.45, 7) is 20.3. The molecule has 3 aromatic carbocycles. The largest absolute Gasteiger partial charge is 0.0985 e. The number of aryl methyl sites for hydroxylation is 6. The highest BCUT2D eigenvalue weighted by Crippen LogP contribution is 2.20. The summed E-state index contributed by atoms with van der Waals surface area (Å²) in [5.74, 6) is 0. The van der Waals surface area contributed by atoms with Crippen molar-refractivity contribution in [2.24, 2.45) is 0 Å². The Labute approximate surface area is 183 Å². The lowest BCUT2D eigenvalue weighted by molar-refractivity contribution is 1.35. The van der Waals surface area contributed by atoms with E-state index in [4.69, 9.17) is 0 Å². The molecule has 0 heterocycles. The zero-order chi connectivity index (χ0) is 22.3. The van der Waals surface area contributed by atoms with Crippen molar-refractivity contribution >= 4 is 24.3 Å². The predicted octanol–water partition coefficient (Wildman–Crippen LogP) is 8.68. The van der Waals surface area contributed by atoms with Crippen LogP contribution in [0, 0.1) is 41.5 Å². The minimum absolute atomic E-state index is 1.21. The molecule has 0 aliphatic heterocycles. The molecule has 0 bridgehead atoms. The third-order valence-corrected chi connectivity index (χ3v) is 5.41. The summed E-state index contributed by atoms with van der Waals surface area (Å²) >= 11 is 0. The Morgan fingerprint density at radius 2 is 0.833 bits per heavy atom. The van der Waals surface area contributed by atoms with Crippen molar-refractivity contribution in [3.63, 3.8) is 0 Å². The molecular formula is C30H34. The zero-order valence-corrected chi connectivity index (χ0v) is 19.3. The Bertz CT molecular complexity index is 1080. The monoisotopic (exact) mass is 394 g/mol. The minimum Gasteiger partial charge on any atom is -0.0985 e. The van der Waals surface area contributed by atoms with E-state index in [1.807, 2.05) is 12.2 Å². The van der Waals surface area contributed by atoms with Crippen molar-refractivity contribution in [2.45, 2.75) is 41.5 Å². The van der Waals surface area contributed by atoms with E-state index in [9.17, 15) is 0 Å². The third kappa shape index (κ3) is 6.19. The molecule has 30 heavy (non-hydrogen) atoms. The van der Waals surface area contributed by atoms with E-state index in [0.29, 0.717) is 0 Å². The number of hydrogen-bond acceptors (Lipinski definition) is 0. The van der Waals surface area contributed by atoms with E-state index in [0.717, 1.165) is 0 Å². The van der Waals surface area contributed by atoms with Crippen molar-refractivity contribution < 1.29 is 0 Å². The van der Waals surface area contributed by atoms with E-state index in [-0.39, 0.29) is 0 Å². The molecule has 0 aliphatic rings.